The van der Waals surface area contributed by atoms with Crippen LogP contribution in [0.4, 0.5) is 5.69 Å². The predicted octanol–water partition coefficient (Wildman–Crippen LogP) is 4.50. The van der Waals surface area contributed by atoms with E-state index in [-0.39, 0.29) is 12.4 Å². The van der Waals surface area contributed by atoms with Crippen molar-refractivity contribution >= 4 is 17.4 Å². The van der Waals surface area contributed by atoms with Gasteiger partial charge in [-0.1, -0.05) is 17.7 Å². The summed E-state index contributed by atoms with van der Waals surface area (Å²) in [5.41, 5.74) is 5.08. The normalized spacial score (nSPS) is 10.5. The van der Waals surface area contributed by atoms with Gasteiger partial charge in [-0.05, 0) is 70.0 Å². The number of anilines is 1. The first-order valence-corrected chi connectivity index (χ1v) is 9.00. The van der Waals surface area contributed by atoms with E-state index in [4.69, 9.17) is 4.74 Å². The molecule has 138 valence electrons. The standard InChI is InChI=1S/C22H27NO3/c1-6-23(7-2)19-10-8-18(9-11-19)22(25)26-14-20(24)21-16(4)12-15(3)13-17(21)5/h8-13H,6-7,14H2,1-5H3. The molecule has 0 fully saturated rings. The van der Waals surface area contributed by atoms with E-state index in [1.165, 1.54) is 0 Å². The minimum absolute atomic E-state index is 0.173. The first kappa shape index (κ1) is 19.7. The topological polar surface area (TPSA) is 46.6 Å². The van der Waals surface area contributed by atoms with Crippen LogP contribution in [0.25, 0.3) is 0 Å². The number of carbonyl (C=O) groups is 2. The number of esters is 1. The molecule has 0 amide bonds. The molecular weight excluding hydrogens is 326 g/mol. The van der Waals surface area contributed by atoms with Gasteiger partial charge in [0.1, 0.15) is 0 Å². The van der Waals surface area contributed by atoms with E-state index in [2.05, 4.69) is 18.7 Å². The predicted molar refractivity (Wildman–Crippen MR) is 105 cm³/mol. The maximum absolute atomic E-state index is 12.5. The van der Waals surface area contributed by atoms with E-state index in [0.29, 0.717) is 11.1 Å². The second kappa shape index (κ2) is 8.65. The number of ketones is 1. The van der Waals surface area contributed by atoms with Crippen LogP contribution in [-0.4, -0.2) is 31.4 Å². The fraction of sp³-hybridized carbons (Fsp3) is 0.364. The van der Waals surface area contributed by atoms with Crippen LogP contribution in [0.15, 0.2) is 36.4 Å². The van der Waals surface area contributed by atoms with Gasteiger partial charge in [-0.25, -0.2) is 4.79 Å². The summed E-state index contributed by atoms with van der Waals surface area (Å²) < 4.78 is 5.24. The smallest absolute Gasteiger partial charge is 0.338 e. The molecule has 0 atom stereocenters. The number of rotatable bonds is 7. The van der Waals surface area contributed by atoms with Gasteiger partial charge in [0.25, 0.3) is 0 Å². The molecule has 2 aromatic carbocycles. The summed E-state index contributed by atoms with van der Waals surface area (Å²) in [6.07, 6.45) is 0. The highest BCUT2D eigenvalue weighted by Crippen LogP contribution is 2.18. The number of benzene rings is 2. The van der Waals surface area contributed by atoms with Gasteiger partial charge in [0.15, 0.2) is 6.61 Å². The van der Waals surface area contributed by atoms with Gasteiger partial charge in [-0.15, -0.1) is 0 Å². The minimum Gasteiger partial charge on any atom is -0.454 e. The van der Waals surface area contributed by atoms with E-state index < -0.39 is 5.97 Å². The number of aryl methyl sites for hydroxylation is 3. The van der Waals surface area contributed by atoms with Crippen LogP contribution in [0, 0.1) is 20.8 Å². The summed E-state index contributed by atoms with van der Waals surface area (Å²) in [4.78, 5) is 26.9. The van der Waals surface area contributed by atoms with Crippen LogP contribution < -0.4 is 4.90 Å². The van der Waals surface area contributed by atoms with Crippen molar-refractivity contribution in [3.8, 4) is 0 Å². The Bertz CT molecular complexity index is 767. The average molecular weight is 353 g/mol. The number of nitrogens with zero attached hydrogens (tertiary/aromatic N) is 1. The van der Waals surface area contributed by atoms with Crippen molar-refractivity contribution in [3.05, 3.63) is 64.2 Å². The van der Waals surface area contributed by atoms with Gasteiger partial charge in [-0.3, -0.25) is 4.79 Å². The van der Waals surface area contributed by atoms with Crippen LogP contribution >= 0.6 is 0 Å². The molecule has 2 aromatic rings. The highest BCUT2D eigenvalue weighted by atomic mass is 16.5. The van der Waals surface area contributed by atoms with Gasteiger partial charge in [-0.2, -0.15) is 0 Å². The maximum atomic E-state index is 12.5. The number of hydrogen-bond donors (Lipinski definition) is 0. The Morgan fingerprint density at radius 3 is 1.96 bits per heavy atom. The molecule has 0 heterocycles. The second-order valence-electron chi connectivity index (χ2n) is 6.49. The molecule has 0 saturated carbocycles. The quantitative estimate of drug-likeness (QED) is 0.543. The van der Waals surface area contributed by atoms with E-state index in [1.807, 2.05) is 45.0 Å². The first-order valence-electron chi connectivity index (χ1n) is 9.00. The van der Waals surface area contributed by atoms with Crippen LogP contribution in [0.5, 0.6) is 0 Å². The monoisotopic (exact) mass is 353 g/mol. The van der Waals surface area contributed by atoms with Crippen molar-refractivity contribution in [1.82, 2.24) is 0 Å². The Morgan fingerprint density at radius 2 is 1.46 bits per heavy atom. The average Bonchev–Trinajstić information content (AvgIpc) is 2.60. The minimum atomic E-state index is -0.480. The zero-order valence-corrected chi connectivity index (χ0v) is 16.3. The Morgan fingerprint density at radius 1 is 0.923 bits per heavy atom. The van der Waals surface area contributed by atoms with Crippen molar-refractivity contribution in [1.29, 1.82) is 0 Å². The highest BCUT2D eigenvalue weighted by molar-refractivity contribution is 6.01. The van der Waals surface area contributed by atoms with Crippen molar-refractivity contribution in [2.24, 2.45) is 0 Å². The van der Waals surface area contributed by atoms with Gasteiger partial charge in [0.2, 0.25) is 5.78 Å². The summed E-state index contributed by atoms with van der Waals surface area (Å²) in [6.45, 7) is 11.5. The lowest BCUT2D eigenvalue weighted by Crippen LogP contribution is -2.21. The van der Waals surface area contributed by atoms with Gasteiger partial charge < -0.3 is 9.64 Å². The SMILES string of the molecule is CCN(CC)c1ccc(C(=O)OCC(=O)c2c(C)cc(C)cc2C)cc1. The molecule has 0 radical (unpaired) electrons. The van der Waals surface area contributed by atoms with E-state index >= 15 is 0 Å². The molecule has 0 spiro atoms. The van der Waals surface area contributed by atoms with Crippen molar-refractivity contribution in [2.75, 3.05) is 24.6 Å². The molecule has 2 rings (SSSR count). The summed E-state index contributed by atoms with van der Waals surface area (Å²) in [5, 5.41) is 0. The highest BCUT2D eigenvalue weighted by Gasteiger charge is 2.16. The lowest BCUT2D eigenvalue weighted by atomic mass is 9.97. The number of hydrogen-bond acceptors (Lipinski definition) is 4. The molecule has 0 saturated heterocycles. The second-order valence-corrected chi connectivity index (χ2v) is 6.49. The van der Waals surface area contributed by atoms with Crippen LogP contribution in [-0.2, 0) is 4.74 Å². The third-order valence-corrected chi connectivity index (χ3v) is 4.52. The largest absolute Gasteiger partial charge is 0.454 e. The molecule has 26 heavy (non-hydrogen) atoms. The van der Waals surface area contributed by atoms with Crippen molar-refractivity contribution in [3.63, 3.8) is 0 Å². The molecule has 0 N–H and O–H groups in total. The third kappa shape index (κ3) is 4.51. The summed E-state index contributed by atoms with van der Waals surface area (Å²) in [6, 6.07) is 11.2. The lowest BCUT2D eigenvalue weighted by Gasteiger charge is -2.20. The van der Waals surface area contributed by atoms with Gasteiger partial charge in [0, 0.05) is 24.3 Å². The number of carbonyl (C=O) groups excluding carboxylic acids is 2. The summed E-state index contributed by atoms with van der Waals surface area (Å²) >= 11 is 0. The van der Waals surface area contributed by atoms with E-state index in [1.54, 1.807) is 12.1 Å². The van der Waals surface area contributed by atoms with Crippen LogP contribution in [0.1, 0.15) is 51.3 Å². The zero-order chi connectivity index (χ0) is 19.3. The Balaban J connectivity index is 2.03. The van der Waals surface area contributed by atoms with Crippen LogP contribution in [0.3, 0.4) is 0 Å². The summed E-state index contributed by atoms with van der Waals surface area (Å²) in [7, 11) is 0. The molecular formula is C22H27NO3. The summed E-state index contributed by atoms with van der Waals surface area (Å²) in [5.74, 6) is -0.653. The molecule has 0 bridgehead atoms. The van der Waals surface area contributed by atoms with Gasteiger partial charge in [0.05, 0.1) is 5.56 Å². The fourth-order valence-electron chi connectivity index (χ4n) is 3.30. The fourth-order valence-corrected chi connectivity index (χ4v) is 3.30. The molecule has 4 heteroatoms. The van der Waals surface area contributed by atoms with Crippen molar-refractivity contribution < 1.29 is 14.3 Å². The zero-order valence-electron chi connectivity index (χ0n) is 16.3. The Kier molecular flexibility index (Phi) is 6.56. The number of Topliss-reactive ketones (excluding diaryl/α,β-unsaturated/α-hetero) is 1. The van der Waals surface area contributed by atoms with Crippen molar-refractivity contribution in [2.45, 2.75) is 34.6 Å². The molecule has 0 aromatic heterocycles. The third-order valence-electron chi connectivity index (χ3n) is 4.52. The maximum Gasteiger partial charge on any atom is 0.338 e. The Labute approximate surface area is 155 Å². The van der Waals surface area contributed by atoms with Crippen LogP contribution in [0.2, 0.25) is 0 Å². The molecule has 0 aliphatic carbocycles. The lowest BCUT2D eigenvalue weighted by molar-refractivity contribution is 0.0474. The molecule has 0 unspecified atom stereocenters. The van der Waals surface area contributed by atoms with E-state index in [0.717, 1.165) is 35.5 Å². The number of ether oxygens (including phenoxy) is 1. The van der Waals surface area contributed by atoms with E-state index in [9.17, 15) is 9.59 Å². The molecule has 0 aliphatic rings. The molecule has 4 nitrogen and oxygen atoms in total. The first-order chi connectivity index (χ1) is 12.4. The Hall–Kier alpha value is -2.62. The molecule has 0 aliphatic heterocycles. The van der Waals surface area contributed by atoms with Gasteiger partial charge >= 0.3 is 5.97 Å².